The zero-order chi connectivity index (χ0) is 11.5. The van der Waals surface area contributed by atoms with Crippen LogP contribution in [0.15, 0.2) is 36.8 Å². The van der Waals surface area contributed by atoms with Gasteiger partial charge in [-0.3, -0.25) is 4.98 Å². The molecule has 4 heteroatoms. The largest absolute Gasteiger partial charge is 0.477 e. The molecule has 80 valence electrons. The van der Waals surface area contributed by atoms with Crippen LogP contribution in [0.1, 0.15) is 16.1 Å². The lowest BCUT2D eigenvalue weighted by Gasteiger charge is -2.01. The second kappa shape index (κ2) is 4.10. The van der Waals surface area contributed by atoms with Crippen LogP contribution in [-0.2, 0) is 0 Å². The summed E-state index contributed by atoms with van der Waals surface area (Å²) in [4.78, 5) is 18.6. The van der Waals surface area contributed by atoms with Crippen molar-refractivity contribution >= 4 is 5.97 Å². The Kier molecular flexibility index (Phi) is 2.64. The molecule has 0 amide bonds. The van der Waals surface area contributed by atoms with E-state index in [1.165, 1.54) is 6.07 Å². The quantitative estimate of drug-likeness (QED) is 0.831. The van der Waals surface area contributed by atoms with Crippen molar-refractivity contribution < 1.29 is 9.90 Å². The molecule has 0 aliphatic carbocycles. The number of aromatic nitrogens is 2. The van der Waals surface area contributed by atoms with Crippen LogP contribution in [0.3, 0.4) is 0 Å². The molecule has 0 atom stereocenters. The van der Waals surface area contributed by atoms with Crippen molar-refractivity contribution in [2.24, 2.45) is 0 Å². The summed E-state index contributed by atoms with van der Waals surface area (Å²) >= 11 is 0. The van der Waals surface area contributed by atoms with E-state index in [0.29, 0.717) is 0 Å². The first-order chi connectivity index (χ1) is 7.66. The van der Waals surface area contributed by atoms with E-state index in [0.717, 1.165) is 16.7 Å². The summed E-state index contributed by atoms with van der Waals surface area (Å²) < 4.78 is 0. The lowest BCUT2D eigenvalue weighted by molar-refractivity contribution is 0.0690. The van der Waals surface area contributed by atoms with Crippen LogP contribution >= 0.6 is 0 Å². The van der Waals surface area contributed by atoms with Gasteiger partial charge in [-0.25, -0.2) is 9.78 Å². The average Bonchev–Trinajstić information content (AvgIpc) is 2.29. The molecule has 2 aromatic rings. The maximum Gasteiger partial charge on any atom is 0.354 e. The van der Waals surface area contributed by atoms with Gasteiger partial charge >= 0.3 is 5.97 Å². The predicted octanol–water partition coefficient (Wildman–Crippen LogP) is 2.15. The van der Waals surface area contributed by atoms with Gasteiger partial charge < -0.3 is 5.11 Å². The Hall–Kier alpha value is -2.23. The van der Waals surface area contributed by atoms with Crippen LogP contribution in [0.25, 0.3) is 11.1 Å². The molecule has 0 fully saturated rings. The molecular formula is C12H10N2O2. The molecule has 0 aliphatic heterocycles. The Morgan fingerprint density at radius 3 is 2.56 bits per heavy atom. The second-order valence-corrected chi connectivity index (χ2v) is 3.49. The van der Waals surface area contributed by atoms with Crippen molar-refractivity contribution in [3.8, 4) is 11.1 Å². The summed E-state index contributed by atoms with van der Waals surface area (Å²) in [6.07, 6.45) is 5.03. The van der Waals surface area contributed by atoms with Crippen molar-refractivity contribution in [1.82, 2.24) is 9.97 Å². The highest BCUT2D eigenvalue weighted by molar-refractivity contribution is 5.85. The van der Waals surface area contributed by atoms with Crippen molar-refractivity contribution in [1.29, 1.82) is 0 Å². The van der Waals surface area contributed by atoms with Crippen molar-refractivity contribution in [2.45, 2.75) is 6.92 Å². The minimum atomic E-state index is -1.02. The minimum Gasteiger partial charge on any atom is -0.477 e. The Bertz CT molecular complexity index is 521. The molecule has 2 aromatic heterocycles. The number of nitrogens with zero attached hydrogens (tertiary/aromatic N) is 2. The third-order valence-electron chi connectivity index (χ3n) is 2.19. The Labute approximate surface area is 92.6 Å². The SMILES string of the molecule is Cc1cncc(-c2ccc(C(=O)O)nc2)c1. The van der Waals surface area contributed by atoms with Gasteiger partial charge in [0.1, 0.15) is 5.69 Å². The Balaban J connectivity index is 2.38. The summed E-state index contributed by atoms with van der Waals surface area (Å²) in [6.45, 7) is 1.95. The molecule has 2 heterocycles. The summed E-state index contributed by atoms with van der Waals surface area (Å²) in [5.74, 6) is -1.02. The van der Waals surface area contributed by atoms with Gasteiger partial charge in [0.05, 0.1) is 0 Å². The molecule has 0 saturated carbocycles. The third kappa shape index (κ3) is 2.06. The molecule has 0 spiro atoms. The lowest BCUT2D eigenvalue weighted by atomic mass is 10.1. The van der Waals surface area contributed by atoms with Gasteiger partial charge in [-0.05, 0) is 24.6 Å². The van der Waals surface area contributed by atoms with E-state index in [2.05, 4.69) is 9.97 Å². The first-order valence-corrected chi connectivity index (χ1v) is 4.78. The number of carboxylic acid groups (broad SMARTS) is 1. The maximum atomic E-state index is 10.6. The Morgan fingerprint density at radius 2 is 2.00 bits per heavy atom. The normalized spacial score (nSPS) is 10.1. The van der Waals surface area contributed by atoms with Gasteiger partial charge in [-0.1, -0.05) is 6.07 Å². The van der Waals surface area contributed by atoms with Gasteiger partial charge in [0.2, 0.25) is 0 Å². The van der Waals surface area contributed by atoms with E-state index >= 15 is 0 Å². The topological polar surface area (TPSA) is 63.1 Å². The summed E-state index contributed by atoms with van der Waals surface area (Å²) in [7, 11) is 0. The third-order valence-corrected chi connectivity index (χ3v) is 2.19. The number of carbonyl (C=O) groups is 1. The molecule has 4 nitrogen and oxygen atoms in total. The number of aromatic carboxylic acids is 1. The first-order valence-electron chi connectivity index (χ1n) is 4.78. The molecule has 16 heavy (non-hydrogen) atoms. The fraction of sp³-hybridized carbons (Fsp3) is 0.0833. The van der Waals surface area contributed by atoms with Crippen molar-refractivity contribution in [3.05, 3.63) is 48.0 Å². The number of aryl methyl sites for hydroxylation is 1. The standard InChI is InChI=1S/C12H10N2O2/c1-8-4-10(6-13-5-8)9-2-3-11(12(15)16)14-7-9/h2-7H,1H3,(H,15,16). The maximum absolute atomic E-state index is 10.6. The van der Waals surface area contributed by atoms with Crippen LogP contribution in [0.4, 0.5) is 0 Å². The highest BCUT2D eigenvalue weighted by Gasteiger charge is 2.04. The van der Waals surface area contributed by atoms with Crippen molar-refractivity contribution in [2.75, 3.05) is 0 Å². The molecule has 0 bridgehead atoms. The smallest absolute Gasteiger partial charge is 0.354 e. The van der Waals surface area contributed by atoms with Crippen LogP contribution in [0, 0.1) is 6.92 Å². The van der Waals surface area contributed by atoms with E-state index in [1.807, 2.05) is 13.0 Å². The average molecular weight is 214 g/mol. The zero-order valence-electron chi connectivity index (χ0n) is 8.71. The molecule has 0 radical (unpaired) electrons. The van der Waals surface area contributed by atoms with Gasteiger partial charge in [0, 0.05) is 29.7 Å². The number of hydrogen-bond donors (Lipinski definition) is 1. The fourth-order valence-electron chi connectivity index (χ4n) is 1.40. The number of pyridine rings is 2. The lowest BCUT2D eigenvalue weighted by Crippen LogP contribution is -1.99. The molecule has 1 N–H and O–H groups in total. The van der Waals surface area contributed by atoms with E-state index < -0.39 is 5.97 Å². The van der Waals surface area contributed by atoms with Gasteiger partial charge in [0.15, 0.2) is 0 Å². The van der Waals surface area contributed by atoms with Gasteiger partial charge in [0.25, 0.3) is 0 Å². The molecule has 0 saturated heterocycles. The molecule has 0 aromatic carbocycles. The van der Waals surface area contributed by atoms with Crippen LogP contribution < -0.4 is 0 Å². The highest BCUT2D eigenvalue weighted by atomic mass is 16.4. The minimum absolute atomic E-state index is 0.0457. The molecule has 0 unspecified atom stereocenters. The summed E-state index contributed by atoms with van der Waals surface area (Å²) in [5, 5.41) is 8.72. The van der Waals surface area contributed by atoms with E-state index in [-0.39, 0.29) is 5.69 Å². The second-order valence-electron chi connectivity index (χ2n) is 3.49. The van der Waals surface area contributed by atoms with Gasteiger partial charge in [-0.2, -0.15) is 0 Å². The number of rotatable bonds is 2. The van der Waals surface area contributed by atoms with Crippen molar-refractivity contribution in [3.63, 3.8) is 0 Å². The molecule has 2 rings (SSSR count). The highest BCUT2D eigenvalue weighted by Crippen LogP contribution is 2.18. The van der Waals surface area contributed by atoms with Crippen LogP contribution in [0.2, 0.25) is 0 Å². The molecule has 0 aliphatic rings. The summed E-state index contributed by atoms with van der Waals surface area (Å²) in [6, 6.07) is 5.19. The van der Waals surface area contributed by atoms with Gasteiger partial charge in [-0.15, -0.1) is 0 Å². The monoisotopic (exact) mass is 214 g/mol. The zero-order valence-corrected chi connectivity index (χ0v) is 8.71. The van der Waals surface area contributed by atoms with Crippen LogP contribution in [-0.4, -0.2) is 21.0 Å². The van der Waals surface area contributed by atoms with E-state index in [9.17, 15) is 4.79 Å². The number of hydrogen-bond acceptors (Lipinski definition) is 3. The predicted molar refractivity (Wildman–Crippen MR) is 59.2 cm³/mol. The van der Waals surface area contributed by atoms with E-state index in [1.54, 1.807) is 24.7 Å². The van der Waals surface area contributed by atoms with E-state index in [4.69, 9.17) is 5.11 Å². The van der Waals surface area contributed by atoms with Crippen LogP contribution in [0.5, 0.6) is 0 Å². The summed E-state index contributed by atoms with van der Waals surface area (Å²) in [5.41, 5.74) is 2.90. The molecular weight excluding hydrogens is 204 g/mol. The fourth-order valence-corrected chi connectivity index (χ4v) is 1.40. The Morgan fingerprint density at radius 1 is 1.19 bits per heavy atom. The first kappa shape index (κ1) is 10.3. The number of carboxylic acids is 1.